The quantitative estimate of drug-likeness (QED) is 0.804. The summed E-state index contributed by atoms with van der Waals surface area (Å²) in [5.74, 6) is -0.794. The van der Waals surface area contributed by atoms with Crippen molar-refractivity contribution in [3.8, 4) is 0 Å². The Balaban J connectivity index is 1.59. The molecule has 1 saturated heterocycles. The molecule has 3 amide bonds. The average molecular weight is 312 g/mol. The van der Waals surface area contributed by atoms with E-state index >= 15 is 0 Å². The van der Waals surface area contributed by atoms with Crippen molar-refractivity contribution in [1.82, 2.24) is 20.2 Å². The molecule has 0 spiro atoms. The third kappa shape index (κ3) is 2.48. The van der Waals surface area contributed by atoms with Gasteiger partial charge in [-0.2, -0.15) is 0 Å². The van der Waals surface area contributed by atoms with Crippen molar-refractivity contribution in [2.75, 3.05) is 0 Å². The molecule has 4 rings (SSSR count). The summed E-state index contributed by atoms with van der Waals surface area (Å²) in [6.45, 7) is 0. The monoisotopic (exact) mass is 312 g/mol. The van der Waals surface area contributed by atoms with Gasteiger partial charge in [-0.05, 0) is 30.5 Å². The highest BCUT2D eigenvalue weighted by Crippen LogP contribution is 2.32. The van der Waals surface area contributed by atoms with Crippen LogP contribution in [-0.2, 0) is 20.8 Å². The fourth-order valence-corrected chi connectivity index (χ4v) is 3.16. The van der Waals surface area contributed by atoms with Crippen LogP contribution in [0.4, 0.5) is 0 Å². The van der Waals surface area contributed by atoms with Crippen LogP contribution < -0.4 is 5.32 Å². The van der Waals surface area contributed by atoms with Crippen molar-refractivity contribution in [3.05, 3.63) is 30.1 Å². The Morgan fingerprint density at radius 3 is 2.87 bits per heavy atom. The Bertz CT molecular complexity index is 809. The molecule has 2 aromatic heterocycles. The van der Waals surface area contributed by atoms with Crippen LogP contribution >= 0.6 is 0 Å². The second-order valence-corrected chi connectivity index (χ2v) is 6.05. The predicted molar refractivity (Wildman–Crippen MR) is 81.2 cm³/mol. The molecule has 0 bridgehead atoms. The molecule has 23 heavy (non-hydrogen) atoms. The largest absolute Gasteiger partial charge is 0.346 e. The van der Waals surface area contributed by atoms with Gasteiger partial charge < -0.3 is 9.88 Å². The molecule has 2 aromatic rings. The number of aromatic nitrogens is 2. The topological polar surface area (TPSA) is 95.2 Å². The van der Waals surface area contributed by atoms with Crippen molar-refractivity contribution >= 4 is 28.8 Å². The minimum atomic E-state index is -0.661. The lowest BCUT2D eigenvalue weighted by atomic mass is 10.1. The summed E-state index contributed by atoms with van der Waals surface area (Å²) >= 11 is 0. The highest BCUT2D eigenvalue weighted by molar-refractivity contribution is 6.07. The number of fused-ring (bicyclic) bond motifs is 1. The van der Waals surface area contributed by atoms with Crippen molar-refractivity contribution in [2.24, 2.45) is 0 Å². The van der Waals surface area contributed by atoms with Crippen LogP contribution in [0.2, 0.25) is 0 Å². The molecule has 1 aliphatic carbocycles. The second-order valence-electron chi connectivity index (χ2n) is 6.05. The van der Waals surface area contributed by atoms with Gasteiger partial charge >= 0.3 is 0 Å². The van der Waals surface area contributed by atoms with Gasteiger partial charge in [-0.3, -0.25) is 19.7 Å². The molecule has 0 unspecified atom stereocenters. The van der Waals surface area contributed by atoms with Crippen molar-refractivity contribution in [2.45, 2.75) is 37.8 Å². The van der Waals surface area contributed by atoms with Crippen LogP contribution in [0.25, 0.3) is 11.0 Å². The number of pyridine rings is 1. The summed E-state index contributed by atoms with van der Waals surface area (Å²) in [5.41, 5.74) is 1.59. The van der Waals surface area contributed by atoms with E-state index in [9.17, 15) is 14.4 Å². The third-order valence-electron chi connectivity index (χ3n) is 4.39. The molecule has 1 atom stereocenters. The van der Waals surface area contributed by atoms with E-state index in [4.69, 9.17) is 0 Å². The van der Waals surface area contributed by atoms with E-state index in [-0.39, 0.29) is 36.6 Å². The van der Waals surface area contributed by atoms with Gasteiger partial charge in [0.05, 0.1) is 12.8 Å². The second kappa shape index (κ2) is 5.19. The fraction of sp³-hybridized carbons (Fsp3) is 0.375. The Morgan fingerprint density at radius 1 is 1.35 bits per heavy atom. The lowest BCUT2D eigenvalue weighted by Crippen LogP contribution is -2.46. The number of nitrogens with one attached hydrogen (secondary N) is 2. The van der Waals surface area contributed by atoms with Gasteiger partial charge in [0.2, 0.25) is 17.7 Å². The first-order valence-electron chi connectivity index (χ1n) is 7.69. The van der Waals surface area contributed by atoms with Crippen LogP contribution in [-0.4, -0.2) is 44.7 Å². The zero-order chi connectivity index (χ0) is 16.0. The number of amides is 3. The Kier molecular flexibility index (Phi) is 3.14. The number of hydrogen-bond acceptors (Lipinski definition) is 4. The first-order valence-corrected chi connectivity index (χ1v) is 7.69. The fourth-order valence-electron chi connectivity index (χ4n) is 3.16. The molecule has 2 N–H and O–H groups in total. The maximum atomic E-state index is 12.8. The number of rotatable bonds is 4. The molecule has 2 aliphatic rings. The van der Waals surface area contributed by atoms with Gasteiger partial charge in [0.1, 0.15) is 11.7 Å². The smallest absolute Gasteiger partial charge is 0.249 e. The van der Waals surface area contributed by atoms with E-state index in [1.54, 1.807) is 17.3 Å². The zero-order valence-corrected chi connectivity index (χ0v) is 12.4. The molecule has 1 saturated carbocycles. The molecule has 0 aromatic carbocycles. The molecular formula is C16H16N4O3. The minimum absolute atomic E-state index is 0.0660. The molecule has 1 aliphatic heterocycles. The first-order chi connectivity index (χ1) is 11.1. The Hall–Kier alpha value is -2.70. The van der Waals surface area contributed by atoms with E-state index in [2.05, 4.69) is 15.3 Å². The van der Waals surface area contributed by atoms with E-state index in [0.717, 1.165) is 29.4 Å². The standard InChI is InChI=1S/C16H16N4O3/c21-13-7-12(16(23)19-13)20(10-3-4-10)14(22)6-9-8-18-15-11(9)2-1-5-17-15/h1-2,5,8,10,12H,3-4,6-7H2,(H,17,18)(H,19,21,23)/t12-/m0/s1. The molecule has 3 heterocycles. The number of carbonyl (C=O) groups is 3. The van der Waals surface area contributed by atoms with Crippen LogP contribution in [0.1, 0.15) is 24.8 Å². The van der Waals surface area contributed by atoms with Gasteiger partial charge in [0.25, 0.3) is 0 Å². The van der Waals surface area contributed by atoms with Gasteiger partial charge in [-0.1, -0.05) is 0 Å². The molecule has 118 valence electrons. The average Bonchev–Trinajstić information content (AvgIpc) is 3.19. The normalized spacial score (nSPS) is 20.8. The van der Waals surface area contributed by atoms with E-state index < -0.39 is 6.04 Å². The lowest BCUT2D eigenvalue weighted by molar-refractivity contribution is -0.139. The minimum Gasteiger partial charge on any atom is -0.346 e. The summed E-state index contributed by atoms with van der Waals surface area (Å²) < 4.78 is 0. The van der Waals surface area contributed by atoms with Gasteiger partial charge in [-0.25, -0.2) is 4.98 Å². The summed E-state index contributed by atoms with van der Waals surface area (Å²) in [6.07, 6.45) is 5.50. The van der Waals surface area contributed by atoms with Crippen LogP contribution in [0.15, 0.2) is 24.5 Å². The molecular weight excluding hydrogens is 296 g/mol. The van der Waals surface area contributed by atoms with Crippen LogP contribution in [0.5, 0.6) is 0 Å². The maximum Gasteiger partial charge on any atom is 0.249 e. The summed E-state index contributed by atoms with van der Waals surface area (Å²) in [6, 6.07) is 3.15. The highest BCUT2D eigenvalue weighted by atomic mass is 16.2. The van der Waals surface area contributed by atoms with Crippen molar-refractivity contribution in [3.63, 3.8) is 0 Å². The number of imide groups is 1. The van der Waals surface area contributed by atoms with Crippen LogP contribution in [0, 0.1) is 0 Å². The summed E-state index contributed by atoms with van der Waals surface area (Å²) in [4.78, 5) is 45.0. The van der Waals surface area contributed by atoms with E-state index in [1.807, 2.05) is 12.1 Å². The van der Waals surface area contributed by atoms with Gasteiger partial charge in [0, 0.05) is 23.8 Å². The molecule has 7 heteroatoms. The third-order valence-corrected chi connectivity index (χ3v) is 4.39. The Labute approximate surface area is 132 Å². The number of aromatic amines is 1. The highest BCUT2D eigenvalue weighted by Gasteiger charge is 2.44. The Morgan fingerprint density at radius 2 is 2.17 bits per heavy atom. The predicted octanol–water partition coefficient (Wildman–Crippen LogP) is 0.511. The number of hydrogen-bond donors (Lipinski definition) is 2. The molecule has 0 radical (unpaired) electrons. The number of H-pyrrole nitrogens is 1. The van der Waals surface area contributed by atoms with Crippen LogP contribution in [0.3, 0.4) is 0 Å². The first kappa shape index (κ1) is 13.9. The van der Waals surface area contributed by atoms with Gasteiger partial charge in [0.15, 0.2) is 0 Å². The zero-order valence-electron chi connectivity index (χ0n) is 12.4. The SMILES string of the molecule is O=C1C[C@H](N(C(=O)Cc2c[nH]c3ncccc23)C2CC2)C(=O)N1. The summed E-state index contributed by atoms with van der Waals surface area (Å²) in [7, 11) is 0. The molecule has 2 fully saturated rings. The van der Waals surface area contributed by atoms with E-state index in [0.29, 0.717) is 0 Å². The number of carbonyl (C=O) groups excluding carboxylic acids is 3. The summed E-state index contributed by atoms with van der Waals surface area (Å²) in [5, 5.41) is 3.19. The maximum absolute atomic E-state index is 12.8. The van der Waals surface area contributed by atoms with E-state index in [1.165, 1.54) is 0 Å². The number of nitrogens with zero attached hydrogens (tertiary/aromatic N) is 2. The lowest BCUT2D eigenvalue weighted by Gasteiger charge is -2.26. The van der Waals surface area contributed by atoms with Gasteiger partial charge in [-0.15, -0.1) is 0 Å². The molecule has 7 nitrogen and oxygen atoms in total. The van der Waals surface area contributed by atoms with Crippen molar-refractivity contribution < 1.29 is 14.4 Å². The van der Waals surface area contributed by atoms with Crippen molar-refractivity contribution in [1.29, 1.82) is 0 Å².